The Kier molecular flexibility index (Phi) is 4.73. The third-order valence-corrected chi connectivity index (χ3v) is 4.70. The SMILES string of the molecule is CNc1nccnc1[C@@H]1CN(Cc2cc3cc(OC)ccc3[nH]2)CCO1. The molecule has 3 aromatic rings. The van der Waals surface area contributed by atoms with E-state index in [1.165, 1.54) is 5.69 Å². The summed E-state index contributed by atoms with van der Waals surface area (Å²) in [7, 11) is 3.54. The van der Waals surface area contributed by atoms with Crippen molar-refractivity contribution in [3.8, 4) is 5.75 Å². The number of aromatic amines is 1. The Morgan fingerprint density at radius 2 is 2.19 bits per heavy atom. The minimum Gasteiger partial charge on any atom is -0.497 e. The molecule has 1 aliphatic rings. The van der Waals surface area contributed by atoms with Gasteiger partial charge in [-0.05, 0) is 24.3 Å². The number of nitrogens with one attached hydrogen (secondary N) is 2. The first-order valence-electron chi connectivity index (χ1n) is 8.75. The van der Waals surface area contributed by atoms with Gasteiger partial charge in [-0.15, -0.1) is 0 Å². The predicted octanol–water partition coefficient (Wildman–Crippen LogP) is 2.58. The summed E-state index contributed by atoms with van der Waals surface area (Å²) in [6.07, 6.45) is 3.32. The van der Waals surface area contributed by atoms with Crippen LogP contribution in [0.4, 0.5) is 5.82 Å². The Bertz CT molecular complexity index is 895. The maximum absolute atomic E-state index is 5.95. The highest BCUT2D eigenvalue weighted by Gasteiger charge is 2.25. The Balaban J connectivity index is 1.50. The molecule has 2 aromatic heterocycles. The molecule has 7 nitrogen and oxygen atoms in total. The smallest absolute Gasteiger partial charge is 0.150 e. The molecule has 136 valence electrons. The summed E-state index contributed by atoms with van der Waals surface area (Å²) in [5, 5.41) is 4.26. The first-order valence-corrected chi connectivity index (χ1v) is 8.75. The summed E-state index contributed by atoms with van der Waals surface area (Å²) < 4.78 is 11.3. The fourth-order valence-corrected chi connectivity index (χ4v) is 3.41. The van der Waals surface area contributed by atoms with Crippen LogP contribution in [0.1, 0.15) is 17.5 Å². The molecule has 0 saturated carbocycles. The highest BCUT2D eigenvalue weighted by molar-refractivity contribution is 5.81. The number of anilines is 1. The molecule has 1 aliphatic heterocycles. The molecular weight excluding hydrogens is 330 g/mol. The maximum Gasteiger partial charge on any atom is 0.150 e. The minimum atomic E-state index is -0.0793. The molecule has 0 unspecified atom stereocenters. The van der Waals surface area contributed by atoms with E-state index in [1.807, 2.05) is 13.1 Å². The van der Waals surface area contributed by atoms with Gasteiger partial charge < -0.3 is 19.8 Å². The summed E-state index contributed by atoms with van der Waals surface area (Å²) in [6, 6.07) is 8.26. The van der Waals surface area contributed by atoms with Crippen molar-refractivity contribution in [2.24, 2.45) is 0 Å². The number of hydrogen-bond donors (Lipinski definition) is 2. The van der Waals surface area contributed by atoms with Gasteiger partial charge in [-0.1, -0.05) is 0 Å². The van der Waals surface area contributed by atoms with Crippen molar-refractivity contribution in [2.75, 3.05) is 39.2 Å². The van der Waals surface area contributed by atoms with Gasteiger partial charge in [0.2, 0.25) is 0 Å². The first-order chi connectivity index (χ1) is 12.8. The van der Waals surface area contributed by atoms with Gasteiger partial charge >= 0.3 is 0 Å². The molecule has 0 aliphatic carbocycles. The monoisotopic (exact) mass is 353 g/mol. The topological polar surface area (TPSA) is 75.3 Å². The van der Waals surface area contributed by atoms with Gasteiger partial charge in [0.05, 0.1) is 13.7 Å². The number of rotatable bonds is 5. The van der Waals surface area contributed by atoms with E-state index in [9.17, 15) is 0 Å². The number of nitrogens with zero attached hydrogens (tertiary/aromatic N) is 3. The minimum absolute atomic E-state index is 0.0793. The molecule has 0 bridgehead atoms. The fraction of sp³-hybridized carbons (Fsp3) is 0.368. The van der Waals surface area contributed by atoms with Crippen LogP contribution in [0.5, 0.6) is 5.75 Å². The molecule has 0 radical (unpaired) electrons. The summed E-state index contributed by atoms with van der Waals surface area (Å²) in [5.41, 5.74) is 3.17. The van der Waals surface area contributed by atoms with Crippen molar-refractivity contribution >= 4 is 16.7 Å². The van der Waals surface area contributed by atoms with Crippen molar-refractivity contribution in [2.45, 2.75) is 12.6 Å². The number of hydrogen-bond acceptors (Lipinski definition) is 6. The second-order valence-electron chi connectivity index (χ2n) is 6.38. The number of benzene rings is 1. The number of aromatic nitrogens is 3. The van der Waals surface area contributed by atoms with Crippen molar-refractivity contribution in [3.63, 3.8) is 0 Å². The van der Waals surface area contributed by atoms with E-state index in [-0.39, 0.29) is 6.10 Å². The molecule has 0 amide bonds. The van der Waals surface area contributed by atoms with Crippen LogP contribution in [0.2, 0.25) is 0 Å². The van der Waals surface area contributed by atoms with E-state index in [4.69, 9.17) is 9.47 Å². The second kappa shape index (κ2) is 7.31. The quantitative estimate of drug-likeness (QED) is 0.734. The zero-order valence-electron chi connectivity index (χ0n) is 15.0. The van der Waals surface area contributed by atoms with Crippen LogP contribution in [-0.4, -0.2) is 53.7 Å². The van der Waals surface area contributed by atoms with E-state index in [0.717, 1.165) is 47.8 Å². The van der Waals surface area contributed by atoms with Gasteiger partial charge in [-0.2, -0.15) is 0 Å². The van der Waals surface area contributed by atoms with Crippen LogP contribution >= 0.6 is 0 Å². The molecule has 0 spiro atoms. The van der Waals surface area contributed by atoms with Gasteiger partial charge in [0.1, 0.15) is 23.4 Å². The lowest BCUT2D eigenvalue weighted by Crippen LogP contribution is -2.38. The standard InChI is InChI=1S/C19H23N5O2/c1-20-19-18(21-5-6-22-19)17-12-24(7-8-26-17)11-14-9-13-10-15(25-2)3-4-16(13)23-14/h3-6,9-10,17,23H,7-8,11-12H2,1-2H3,(H,20,22)/t17-/m0/s1. The predicted molar refractivity (Wildman–Crippen MR) is 100 cm³/mol. The van der Waals surface area contributed by atoms with E-state index in [2.05, 4.69) is 43.4 Å². The van der Waals surface area contributed by atoms with Gasteiger partial charge in [-0.25, -0.2) is 4.98 Å². The highest BCUT2D eigenvalue weighted by atomic mass is 16.5. The number of methoxy groups -OCH3 is 1. The zero-order chi connectivity index (χ0) is 17.9. The molecule has 1 saturated heterocycles. The Hall–Kier alpha value is -2.64. The summed E-state index contributed by atoms with van der Waals surface area (Å²) in [5.74, 6) is 1.65. The molecule has 1 aromatic carbocycles. The maximum atomic E-state index is 5.95. The summed E-state index contributed by atoms with van der Waals surface area (Å²) in [6.45, 7) is 3.20. The number of ether oxygens (including phenoxy) is 2. The molecule has 4 rings (SSSR count). The van der Waals surface area contributed by atoms with Crippen LogP contribution in [0.25, 0.3) is 10.9 Å². The molecular formula is C19H23N5O2. The first kappa shape index (κ1) is 16.8. The molecule has 1 fully saturated rings. The molecule has 7 heteroatoms. The third-order valence-electron chi connectivity index (χ3n) is 4.70. The van der Waals surface area contributed by atoms with E-state index >= 15 is 0 Å². The van der Waals surface area contributed by atoms with Crippen LogP contribution in [0.3, 0.4) is 0 Å². The lowest BCUT2D eigenvalue weighted by molar-refractivity contribution is -0.0350. The van der Waals surface area contributed by atoms with Gasteiger partial charge in [-0.3, -0.25) is 9.88 Å². The van der Waals surface area contributed by atoms with Crippen molar-refractivity contribution in [1.82, 2.24) is 19.9 Å². The lowest BCUT2D eigenvalue weighted by Gasteiger charge is -2.32. The van der Waals surface area contributed by atoms with Gasteiger partial charge in [0.25, 0.3) is 0 Å². The van der Waals surface area contributed by atoms with Crippen molar-refractivity contribution in [1.29, 1.82) is 0 Å². The largest absolute Gasteiger partial charge is 0.497 e. The van der Waals surface area contributed by atoms with Crippen molar-refractivity contribution < 1.29 is 9.47 Å². The highest BCUT2D eigenvalue weighted by Crippen LogP contribution is 2.27. The van der Waals surface area contributed by atoms with E-state index < -0.39 is 0 Å². The summed E-state index contributed by atoms with van der Waals surface area (Å²) in [4.78, 5) is 14.7. The third kappa shape index (κ3) is 3.36. The molecule has 3 heterocycles. The van der Waals surface area contributed by atoms with Crippen molar-refractivity contribution in [3.05, 3.63) is 48.0 Å². The number of fused-ring (bicyclic) bond motifs is 1. The van der Waals surface area contributed by atoms with Crippen LogP contribution in [-0.2, 0) is 11.3 Å². The average molecular weight is 353 g/mol. The second-order valence-corrected chi connectivity index (χ2v) is 6.38. The van der Waals surface area contributed by atoms with Gasteiger partial charge in [0.15, 0.2) is 0 Å². The normalized spacial score (nSPS) is 18.2. The lowest BCUT2D eigenvalue weighted by atomic mass is 10.2. The Morgan fingerprint density at radius 3 is 3.04 bits per heavy atom. The Morgan fingerprint density at radius 1 is 1.31 bits per heavy atom. The van der Waals surface area contributed by atoms with E-state index in [1.54, 1.807) is 19.5 Å². The summed E-state index contributed by atoms with van der Waals surface area (Å²) >= 11 is 0. The van der Waals surface area contributed by atoms with Gasteiger partial charge in [0, 0.05) is 55.7 Å². The van der Waals surface area contributed by atoms with Crippen LogP contribution < -0.4 is 10.1 Å². The number of morpholine rings is 1. The molecule has 2 N–H and O–H groups in total. The van der Waals surface area contributed by atoms with Crippen LogP contribution in [0.15, 0.2) is 36.7 Å². The Labute approximate surface area is 152 Å². The van der Waals surface area contributed by atoms with E-state index in [0.29, 0.717) is 6.61 Å². The molecule has 1 atom stereocenters. The van der Waals surface area contributed by atoms with Crippen LogP contribution in [0, 0.1) is 0 Å². The fourth-order valence-electron chi connectivity index (χ4n) is 3.41. The average Bonchev–Trinajstić information content (AvgIpc) is 3.09. The number of H-pyrrole nitrogens is 1. The molecule has 26 heavy (non-hydrogen) atoms. The zero-order valence-corrected chi connectivity index (χ0v) is 15.0.